The molecule has 0 spiro atoms. The van der Waals surface area contributed by atoms with Gasteiger partial charge in [0.2, 0.25) is 5.91 Å². The summed E-state index contributed by atoms with van der Waals surface area (Å²) in [6.45, 7) is 9.56. The quantitative estimate of drug-likeness (QED) is 0.754. The number of hydrogen-bond donors (Lipinski definition) is 2. The van der Waals surface area contributed by atoms with E-state index in [0.717, 1.165) is 32.8 Å². The summed E-state index contributed by atoms with van der Waals surface area (Å²) in [7, 11) is 0. The lowest BCUT2D eigenvalue weighted by atomic mass is 10.1. The minimum Gasteiger partial charge on any atom is -0.379 e. The Morgan fingerprint density at radius 3 is 2.76 bits per heavy atom. The highest BCUT2D eigenvalue weighted by Gasteiger charge is 2.28. The highest BCUT2D eigenvalue weighted by atomic mass is 35.5. The van der Waals surface area contributed by atoms with Crippen LogP contribution in [-0.4, -0.2) is 75.0 Å². The summed E-state index contributed by atoms with van der Waals surface area (Å²) >= 11 is 0. The first-order chi connectivity index (χ1) is 9.18. The molecule has 0 bridgehead atoms. The summed E-state index contributed by atoms with van der Waals surface area (Å²) in [5.41, 5.74) is 0. The second-order valence-electron chi connectivity index (χ2n) is 5.26. The molecule has 1 unspecified atom stereocenters. The van der Waals surface area contributed by atoms with Crippen molar-refractivity contribution >= 4 is 30.7 Å². The molecule has 0 radical (unpaired) electrons. The number of halogens is 2. The summed E-state index contributed by atoms with van der Waals surface area (Å²) in [5.74, 6) is 0.0353. The summed E-state index contributed by atoms with van der Waals surface area (Å²) in [6, 6.07) is 0.205. The van der Waals surface area contributed by atoms with Crippen molar-refractivity contribution in [3.8, 4) is 0 Å². The summed E-state index contributed by atoms with van der Waals surface area (Å²) in [4.78, 5) is 14.4. The zero-order valence-electron chi connectivity index (χ0n) is 12.7. The zero-order valence-corrected chi connectivity index (χ0v) is 14.3. The third-order valence-corrected chi connectivity index (χ3v) is 3.80. The van der Waals surface area contributed by atoms with E-state index in [9.17, 15) is 4.79 Å². The third-order valence-electron chi connectivity index (χ3n) is 3.80. The molecule has 21 heavy (non-hydrogen) atoms. The Kier molecular flexibility index (Phi) is 10.5. The molecule has 126 valence electrons. The van der Waals surface area contributed by atoms with Crippen molar-refractivity contribution in [2.45, 2.75) is 32.0 Å². The Hall–Kier alpha value is -0.110. The van der Waals surface area contributed by atoms with Gasteiger partial charge < -0.3 is 20.1 Å². The molecule has 0 aromatic carbocycles. The van der Waals surface area contributed by atoms with Gasteiger partial charge >= 0.3 is 0 Å². The fraction of sp³-hybridized carbons (Fsp3) is 0.923. The van der Waals surface area contributed by atoms with E-state index in [1.54, 1.807) is 0 Å². The second kappa shape index (κ2) is 10.6. The van der Waals surface area contributed by atoms with Gasteiger partial charge in [-0.15, -0.1) is 24.8 Å². The molecule has 0 aromatic rings. The Labute approximate surface area is 139 Å². The van der Waals surface area contributed by atoms with E-state index in [2.05, 4.69) is 22.5 Å². The largest absolute Gasteiger partial charge is 0.379 e. The van der Waals surface area contributed by atoms with Crippen LogP contribution in [0, 0.1) is 0 Å². The van der Waals surface area contributed by atoms with Crippen LogP contribution >= 0.6 is 24.8 Å². The average Bonchev–Trinajstić information content (AvgIpc) is 2.41. The van der Waals surface area contributed by atoms with Crippen molar-refractivity contribution in [3.05, 3.63) is 0 Å². The number of rotatable bonds is 4. The van der Waals surface area contributed by atoms with E-state index in [-0.39, 0.29) is 42.9 Å². The van der Waals surface area contributed by atoms with E-state index < -0.39 is 0 Å². The minimum atomic E-state index is -0.226. The molecule has 0 aliphatic carbocycles. The van der Waals surface area contributed by atoms with Gasteiger partial charge in [-0.3, -0.25) is 9.69 Å². The van der Waals surface area contributed by atoms with Crippen molar-refractivity contribution in [1.29, 1.82) is 0 Å². The smallest absolute Gasteiger partial charge is 0.239 e. The zero-order chi connectivity index (χ0) is 13.7. The van der Waals surface area contributed by atoms with Gasteiger partial charge in [0.15, 0.2) is 0 Å². The number of hydrogen-bond acceptors (Lipinski definition) is 5. The normalized spacial score (nSPS) is 29.9. The molecule has 2 rings (SSSR count). The van der Waals surface area contributed by atoms with E-state index in [1.807, 2.05) is 6.92 Å². The second-order valence-corrected chi connectivity index (χ2v) is 5.26. The molecule has 2 fully saturated rings. The summed E-state index contributed by atoms with van der Waals surface area (Å²) in [6.07, 6.45) is -0.0592. The molecule has 2 N–H and O–H groups in total. The number of carbonyl (C=O) groups is 1. The Balaban J connectivity index is 0.00000200. The van der Waals surface area contributed by atoms with Gasteiger partial charge in [-0.2, -0.15) is 0 Å². The SMILES string of the molecule is CC1COCCN1CCNC(=O)[C@H]1NCCO[C@@H]1C.Cl.Cl. The molecule has 2 heterocycles. The van der Waals surface area contributed by atoms with Crippen LogP contribution in [0.2, 0.25) is 0 Å². The minimum absolute atomic E-state index is 0. The number of carbonyl (C=O) groups excluding carboxylic acids is 1. The first-order valence-electron chi connectivity index (χ1n) is 7.13. The molecule has 8 heteroatoms. The molecule has 1 amide bonds. The highest BCUT2D eigenvalue weighted by Crippen LogP contribution is 2.06. The van der Waals surface area contributed by atoms with Gasteiger partial charge in [-0.05, 0) is 13.8 Å². The highest BCUT2D eigenvalue weighted by molar-refractivity contribution is 5.85. The van der Waals surface area contributed by atoms with Crippen LogP contribution in [0.4, 0.5) is 0 Å². The molecular weight excluding hydrogens is 317 g/mol. The molecule has 6 nitrogen and oxygen atoms in total. The lowest BCUT2D eigenvalue weighted by Gasteiger charge is -2.33. The summed E-state index contributed by atoms with van der Waals surface area (Å²) < 4.78 is 10.9. The maximum Gasteiger partial charge on any atom is 0.239 e. The monoisotopic (exact) mass is 343 g/mol. The van der Waals surface area contributed by atoms with Crippen molar-refractivity contribution in [1.82, 2.24) is 15.5 Å². The fourth-order valence-corrected chi connectivity index (χ4v) is 2.55. The molecule has 0 aromatic heterocycles. The molecular formula is C13H27Cl2N3O3. The number of nitrogens with one attached hydrogen (secondary N) is 2. The fourth-order valence-electron chi connectivity index (χ4n) is 2.55. The maximum atomic E-state index is 12.0. The van der Waals surface area contributed by atoms with Gasteiger partial charge in [0.05, 0.1) is 25.9 Å². The Morgan fingerprint density at radius 2 is 2.10 bits per heavy atom. The number of amides is 1. The Morgan fingerprint density at radius 1 is 1.33 bits per heavy atom. The van der Waals surface area contributed by atoms with Crippen LogP contribution in [0.25, 0.3) is 0 Å². The van der Waals surface area contributed by atoms with Crippen LogP contribution in [0.3, 0.4) is 0 Å². The molecule has 2 saturated heterocycles. The average molecular weight is 344 g/mol. The third kappa shape index (κ3) is 6.26. The molecule has 2 aliphatic heterocycles. The van der Waals surface area contributed by atoms with Crippen molar-refractivity contribution < 1.29 is 14.3 Å². The van der Waals surface area contributed by atoms with Crippen LogP contribution < -0.4 is 10.6 Å². The lowest BCUT2D eigenvalue weighted by Crippen LogP contribution is -2.56. The summed E-state index contributed by atoms with van der Waals surface area (Å²) in [5, 5.41) is 6.18. The van der Waals surface area contributed by atoms with E-state index in [1.165, 1.54) is 0 Å². The first kappa shape index (κ1) is 20.9. The number of morpholine rings is 2. The Bertz CT molecular complexity index is 310. The maximum absolute atomic E-state index is 12.0. The predicted octanol–water partition coefficient (Wildman–Crippen LogP) is 0.0438. The predicted molar refractivity (Wildman–Crippen MR) is 86.6 cm³/mol. The first-order valence-corrected chi connectivity index (χ1v) is 7.13. The van der Waals surface area contributed by atoms with E-state index >= 15 is 0 Å². The van der Waals surface area contributed by atoms with E-state index in [0.29, 0.717) is 19.2 Å². The van der Waals surface area contributed by atoms with E-state index in [4.69, 9.17) is 9.47 Å². The van der Waals surface area contributed by atoms with Gasteiger partial charge in [0.25, 0.3) is 0 Å². The standard InChI is InChI=1S/C13H25N3O3.2ClH/c1-10-9-18-8-6-16(10)5-3-15-13(17)12-11(2)19-7-4-14-12;;/h10-12,14H,3-9H2,1-2H3,(H,15,17);2*1H/t10?,11-,12+;;/m1../s1. The number of ether oxygens (including phenoxy) is 2. The molecule has 0 saturated carbocycles. The van der Waals surface area contributed by atoms with Crippen molar-refractivity contribution in [2.24, 2.45) is 0 Å². The van der Waals surface area contributed by atoms with Gasteiger partial charge in [-0.1, -0.05) is 0 Å². The van der Waals surface area contributed by atoms with Gasteiger partial charge in [0.1, 0.15) is 6.04 Å². The van der Waals surface area contributed by atoms with Crippen LogP contribution in [0.15, 0.2) is 0 Å². The van der Waals surface area contributed by atoms with Crippen molar-refractivity contribution in [3.63, 3.8) is 0 Å². The van der Waals surface area contributed by atoms with Crippen molar-refractivity contribution in [2.75, 3.05) is 46.0 Å². The van der Waals surface area contributed by atoms with Crippen LogP contribution in [0.5, 0.6) is 0 Å². The van der Waals surface area contributed by atoms with Crippen LogP contribution in [0.1, 0.15) is 13.8 Å². The van der Waals surface area contributed by atoms with Crippen LogP contribution in [-0.2, 0) is 14.3 Å². The topological polar surface area (TPSA) is 62.8 Å². The lowest BCUT2D eigenvalue weighted by molar-refractivity contribution is -0.129. The molecule has 3 atom stereocenters. The van der Waals surface area contributed by atoms with Gasteiger partial charge in [-0.25, -0.2) is 0 Å². The molecule has 2 aliphatic rings. The van der Waals surface area contributed by atoms with Gasteiger partial charge in [0, 0.05) is 32.2 Å². The number of nitrogens with zero attached hydrogens (tertiary/aromatic N) is 1.